The maximum atomic E-state index is 13.8. The number of fused-ring (bicyclic) bond motifs is 7. The molecule has 0 radical (unpaired) electrons. The lowest BCUT2D eigenvalue weighted by Gasteiger charge is -2.54. The van der Waals surface area contributed by atoms with Crippen molar-refractivity contribution in [3.63, 3.8) is 0 Å². The molecule has 1 aliphatic carbocycles. The Kier molecular flexibility index (Phi) is 6.02. The van der Waals surface area contributed by atoms with E-state index in [1.807, 2.05) is 0 Å². The number of hydrogen-bond donors (Lipinski definition) is 0. The smallest absolute Gasteiger partial charge is 0.262 e. The second-order valence-electron chi connectivity index (χ2n) is 10.9. The van der Waals surface area contributed by atoms with E-state index in [-0.39, 0.29) is 24.1 Å². The first kappa shape index (κ1) is 23.5. The van der Waals surface area contributed by atoms with Crippen molar-refractivity contribution in [1.82, 2.24) is 19.4 Å². The molecule has 0 spiro atoms. The summed E-state index contributed by atoms with van der Waals surface area (Å²) in [7, 11) is 3.10. The van der Waals surface area contributed by atoms with E-state index in [1.54, 1.807) is 33.3 Å². The Labute approximate surface area is 211 Å². The maximum Gasteiger partial charge on any atom is 0.262 e. The highest BCUT2D eigenvalue weighted by Gasteiger charge is 2.46. The van der Waals surface area contributed by atoms with Crippen LogP contribution in [0.2, 0.25) is 0 Å². The molecule has 3 saturated heterocycles. The lowest BCUT2D eigenvalue weighted by Crippen LogP contribution is -2.60. The third-order valence-electron chi connectivity index (χ3n) is 8.92. The molecule has 4 heterocycles. The SMILES string of the molecule is COc1cc2nc(C)n(CC(=O)N3CCCC4=CC5CC(CN6CCCCC56)C43)c(=O)c2cc1OC. The van der Waals surface area contributed by atoms with E-state index >= 15 is 0 Å². The third kappa shape index (κ3) is 3.81. The number of hydrogen-bond acceptors (Lipinski definition) is 6. The fourth-order valence-electron chi connectivity index (χ4n) is 7.32. The van der Waals surface area contributed by atoms with Crippen LogP contribution < -0.4 is 15.0 Å². The summed E-state index contributed by atoms with van der Waals surface area (Å²) < 4.78 is 12.3. The summed E-state index contributed by atoms with van der Waals surface area (Å²) in [5, 5.41) is 0.425. The van der Waals surface area contributed by atoms with Gasteiger partial charge in [0.05, 0.1) is 31.2 Å². The molecule has 3 fully saturated rings. The van der Waals surface area contributed by atoms with Gasteiger partial charge in [-0.1, -0.05) is 18.1 Å². The number of rotatable bonds is 4. The van der Waals surface area contributed by atoms with E-state index < -0.39 is 0 Å². The molecule has 0 saturated carbocycles. The lowest BCUT2D eigenvalue weighted by molar-refractivity contribution is -0.137. The lowest BCUT2D eigenvalue weighted by atomic mass is 9.68. The zero-order chi connectivity index (χ0) is 25.0. The van der Waals surface area contributed by atoms with Crippen LogP contribution >= 0.6 is 0 Å². The number of aromatic nitrogens is 2. The van der Waals surface area contributed by atoms with Gasteiger partial charge in [-0.3, -0.25) is 19.1 Å². The summed E-state index contributed by atoms with van der Waals surface area (Å²) >= 11 is 0. The largest absolute Gasteiger partial charge is 0.493 e. The molecule has 36 heavy (non-hydrogen) atoms. The van der Waals surface area contributed by atoms with Gasteiger partial charge in [0.2, 0.25) is 5.91 Å². The topological polar surface area (TPSA) is 76.9 Å². The van der Waals surface area contributed by atoms with Gasteiger partial charge in [0.1, 0.15) is 12.4 Å². The van der Waals surface area contributed by atoms with Crippen LogP contribution in [0.3, 0.4) is 0 Å². The predicted molar refractivity (Wildman–Crippen MR) is 137 cm³/mol. The van der Waals surface area contributed by atoms with Gasteiger partial charge < -0.3 is 14.4 Å². The standard InChI is InChI=1S/C28H36N4O4/c1-17-29-22-14-25(36-3)24(35-2)13-21(22)28(34)32(17)16-26(33)31-10-6-7-18-11-19-12-20(27(18)31)15-30-9-5-4-8-23(19)30/h11,13-14,19-20,23,27H,4-10,12,15-16H2,1-3H3. The monoisotopic (exact) mass is 492 g/mol. The number of carbonyl (C=O) groups is 1. The van der Waals surface area contributed by atoms with Gasteiger partial charge in [-0.05, 0) is 63.5 Å². The first-order valence-electron chi connectivity index (χ1n) is 13.4. The molecule has 6 rings (SSSR count). The Balaban J connectivity index is 1.30. The molecule has 4 unspecified atom stereocenters. The minimum Gasteiger partial charge on any atom is -0.493 e. The Morgan fingerprint density at radius 3 is 2.72 bits per heavy atom. The summed E-state index contributed by atoms with van der Waals surface area (Å²) in [6.07, 6.45) is 9.71. The van der Waals surface area contributed by atoms with Gasteiger partial charge in [-0.2, -0.15) is 0 Å². The van der Waals surface area contributed by atoms with E-state index in [1.165, 1.54) is 42.4 Å². The molecule has 1 amide bonds. The van der Waals surface area contributed by atoms with Gasteiger partial charge in [0.15, 0.2) is 11.5 Å². The van der Waals surface area contributed by atoms with Crippen molar-refractivity contribution in [2.45, 2.75) is 64.1 Å². The van der Waals surface area contributed by atoms with Crippen molar-refractivity contribution in [3.8, 4) is 11.5 Å². The van der Waals surface area contributed by atoms with Crippen LogP contribution in [0, 0.1) is 18.8 Å². The van der Waals surface area contributed by atoms with Crippen LogP contribution in [0.25, 0.3) is 10.9 Å². The molecule has 1 aromatic heterocycles. The summed E-state index contributed by atoms with van der Waals surface area (Å²) in [5.74, 6) is 2.65. The van der Waals surface area contributed by atoms with E-state index in [2.05, 4.69) is 20.9 Å². The number of piperidine rings is 3. The number of methoxy groups -OCH3 is 2. The average Bonchev–Trinajstić information content (AvgIpc) is 2.90. The van der Waals surface area contributed by atoms with Gasteiger partial charge in [0, 0.05) is 25.2 Å². The van der Waals surface area contributed by atoms with Crippen molar-refractivity contribution < 1.29 is 14.3 Å². The van der Waals surface area contributed by atoms with Crippen molar-refractivity contribution in [2.75, 3.05) is 33.9 Å². The number of likely N-dealkylation sites (tertiary alicyclic amines) is 1. The van der Waals surface area contributed by atoms with Crippen molar-refractivity contribution in [2.24, 2.45) is 11.8 Å². The molecule has 8 heteroatoms. The van der Waals surface area contributed by atoms with Gasteiger partial charge in [0.25, 0.3) is 5.56 Å². The van der Waals surface area contributed by atoms with Crippen LogP contribution in [-0.4, -0.2) is 71.2 Å². The van der Waals surface area contributed by atoms with Crippen molar-refractivity contribution in [1.29, 1.82) is 0 Å². The highest BCUT2D eigenvalue weighted by atomic mass is 16.5. The molecule has 2 bridgehead atoms. The minimum atomic E-state index is -0.225. The fraction of sp³-hybridized carbons (Fsp3) is 0.607. The van der Waals surface area contributed by atoms with Crippen LogP contribution in [-0.2, 0) is 11.3 Å². The predicted octanol–water partition coefficient (Wildman–Crippen LogP) is 3.14. The summed E-state index contributed by atoms with van der Waals surface area (Å²) in [6, 6.07) is 4.23. The van der Waals surface area contributed by atoms with Crippen LogP contribution in [0.1, 0.15) is 44.3 Å². The van der Waals surface area contributed by atoms with Crippen molar-refractivity contribution in [3.05, 3.63) is 40.0 Å². The van der Waals surface area contributed by atoms with E-state index in [0.29, 0.717) is 46.1 Å². The number of benzene rings is 1. The van der Waals surface area contributed by atoms with Gasteiger partial charge in [-0.15, -0.1) is 0 Å². The van der Waals surface area contributed by atoms with E-state index in [9.17, 15) is 9.59 Å². The maximum absolute atomic E-state index is 13.8. The molecular formula is C28H36N4O4. The molecule has 192 valence electrons. The second kappa shape index (κ2) is 9.21. The first-order chi connectivity index (χ1) is 17.5. The molecule has 1 aromatic carbocycles. The quantitative estimate of drug-likeness (QED) is 0.611. The molecule has 4 aliphatic rings. The Hall–Kier alpha value is -2.87. The van der Waals surface area contributed by atoms with Gasteiger partial charge in [-0.25, -0.2) is 4.98 Å². The third-order valence-corrected chi connectivity index (χ3v) is 8.92. The molecular weight excluding hydrogens is 456 g/mol. The Morgan fingerprint density at radius 1 is 1.11 bits per heavy atom. The molecule has 3 aliphatic heterocycles. The minimum absolute atomic E-state index is 0.00815. The number of nitrogens with zero attached hydrogens (tertiary/aromatic N) is 4. The molecule has 8 nitrogen and oxygen atoms in total. The Morgan fingerprint density at radius 2 is 1.92 bits per heavy atom. The van der Waals surface area contributed by atoms with Crippen LogP contribution in [0.5, 0.6) is 11.5 Å². The summed E-state index contributed by atoms with van der Waals surface area (Å²) in [6.45, 7) is 4.83. The van der Waals surface area contributed by atoms with Gasteiger partial charge >= 0.3 is 0 Å². The molecule has 0 N–H and O–H groups in total. The number of ether oxygens (including phenoxy) is 2. The zero-order valence-electron chi connectivity index (χ0n) is 21.5. The number of carbonyl (C=O) groups excluding carboxylic acids is 1. The number of amides is 1. The fourth-order valence-corrected chi connectivity index (χ4v) is 7.32. The average molecular weight is 493 g/mol. The van der Waals surface area contributed by atoms with Crippen LogP contribution in [0.15, 0.2) is 28.6 Å². The highest BCUT2D eigenvalue weighted by Crippen LogP contribution is 2.45. The zero-order valence-corrected chi connectivity index (χ0v) is 21.5. The van der Waals surface area contributed by atoms with E-state index in [0.717, 1.165) is 25.9 Å². The second-order valence-corrected chi connectivity index (χ2v) is 10.9. The van der Waals surface area contributed by atoms with Crippen LogP contribution in [0.4, 0.5) is 0 Å². The molecule has 4 atom stereocenters. The Bertz CT molecular complexity index is 1280. The van der Waals surface area contributed by atoms with E-state index in [4.69, 9.17) is 9.47 Å². The normalized spacial score (nSPS) is 27.8. The van der Waals surface area contributed by atoms with Crippen molar-refractivity contribution >= 4 is 16.8 Å². The highest BCUT2D eigenvalue weighted by molar-refractivity contribution is 5.83. The summed E-state index contributed by atoms with van der Waals surface area (Å²) in [5.41, 5.74) is 1.77. The number of aryl methyl sites for hydroxylation is 1. The first-order valence-corrected chi connectivity index (χ1v) is 13.4. The summed E-state index contributed by atoms with van der Waals surface area (Å²) in [4.78, 5) is 36.7. The molecule has 2 aromatic rings.